The minimum atomic E-state index is 0.376. The van der Waals surface area contributed by atoms with E-state index in [0.717, 1.165) is 17.2 Å². The molecule has 1 aromatic heterocycles. The van der Waals surface area contributed by atoms with Gasteiger partial charge < -0.3 is 9.47 Å². The zero-order valence-electron chi connectivity index (χ0n) is 14.3. The maximum Gasteiger partial charge on any atom is 0.161 e. The van der Waals surface area contributed by atoms with E-state index in [-0.39, 0.29) is 0 Å². The average Bonchev–Trinajstić information content (AvgIpc) is 3.05. The van der Waals surface area contributed by atoms with E-state index in [0.29, 0.717) is 12.0 Å². The van der Waals surface area contributed by atoms with Crippen molar-refractivity contribution in [3.63, 3.8) is 0 Å². The van der Waals surface area contributed by atoms with E-state index in [1.54, 1.807) is 14.2 Å². The third kappa shape index (κ3) is 2.42. The monoisotopic (exact) mass is 342 g/mol. The summed E-state index contributed by atoms with van der Waals surface area (Å²) in [5.41, 5.74) is 4.81. The smallest absolute Gasteiger partial charge is 0.161 e. The van der Waals surface area contributed by atoms with Gasteiger partial charge >= 0.3 is 0 Å². The molecule has 2 atom stereocenters. The minimum absolute atomic E-state index is 0.376. The second kappa shape index (κ2) is 6.20. The zero-order valence-corrected chi connectivity index (χ0v) is 15.2. The average molecular weight is 342 g/mol. The van der Waals surface area contributed by atoms with Crippen molar-refractivity contribution >= 4 is 17.2 Å². The van der Waals surface area contributed by atoms with Crippen LogP contribution >= 0.6 is 11.5 Å². The molecule has 1 saturated carbocycles. The third-order valence-corrected chi connectivity index (χ3v) is 6.11. The normalized spacial score (nSPS) is 22.4. The van der Waals surface area contributed by atoms with Crippen LogP contribution in [0.2, 0.25) is 0 Å². The van der Waals surface area contributed by atoms with Crippen LogP contribution in [0.5, 0.6) is 11.5 Å². The molecule has 0 amide bonds. The van der Waals surface area contributed by atoms with Gasteiger partial charge in [-0.3, -0.25) is 4.99 Å². The molecule has 2 aromatic rings. The number of hydrogen-bond acceptors (Lipinski definition) is 5. The predicted molar refractivity (Wildman–Crippen MR) is 97.0 cm³/mol. The summed E-state index contributed by atoms with van der Waals surface area (Å²) < 4.78 is 15.5. The Labute approximate surface area is 146 Å². The van der Waals surface area contributed by atoms with Crippen molar-refractivity contribution in [2.45, 2.75) is 44.6 Å². The number of hydrogen-bond donors (Lipinski definition) is 0. The van der Waals surface area contributed by atoms with Crippen LogP contribution in [0.25, 0.3) is 0 Å². The molecule has 5 heteroatoms. The lowest BCUT2D eigenvalue weighted by Gasteiger charge is -2.35. The molecule has 4 nitrogen and oxygen atoms in total. The van der Waals surface area contributed by atoms with Crippen LogP contribution in [-0.2, 0) is 0 Å². The summed E-state index contributed by atoms with van der Waals surface area (Å²) >= 11 is 1.53. The number of ether oxygens (including phenoxy) is 2. The highest BCUT2D eigenvalue weighted by Gasteiger charge is 2.35. The first-order chi connectivity index (χ1) is 11.7. The number of aromatic nitrogens is 1. The summed E-state index contributed by atoms with van der Waals surface area (Å²) in [6.45, 7) is 2.11. The summed E-state index contributed by atoms with van der Waals surface area (Å²) in [4.78, 5) is 6.34. The second-order valence-electron chi connectivity index (χ2n) is 6.57. The largest absolute Gasteiger partial charge is 0.493 e. The number of aliphatic imine (C=N–C) groups is 1. The van der Waals surface area contributed by atoms with Crippen LogP contribution in [0, 0.1) is 6.92 Å². The topological polar surface area (TPSA) is 43.7 Å². The first-order valence-corrected chi connectivity index (χ1v) is 9.26. The predicted octanol–water partition coefficient (Wildman–Crippen LogP) is 4.35. The van der Waals surface area contributed by atoms with Gasteiger partial charge in [-0.25, -0.2) is 4.37 Å². The van der Waals surface area contributed by atoms with E-state index in [1.165, 1.54) is 58.8 Å². The fraction of sp³-hybridized carbons (Fsp3) is 0.474. The Balaban J connectivity index is 1.93. The molecule has 0 bridgehead atoms. The molecule has 0 saturated heterocycles. The molecule has 0 spiro atoms. The Morgan fingerprint density at radius 3 is 2.54 bits per heavy atom. The maximum atomic E-state index is 5.56. The molecular weight excluding hydrogens is 320 g/mol. The molecule has 0 N–H and O–H groups in total. The van der Waals surface area contributed by atoms with Gasteiger partial charge in [0.1, 0.15) is 0 Å². The molecule has 126 valence electrons. The van der Waals surface area contributed by atoms with Crippen molar-refractivity contribution in [1.82, 2.24) is 4.37 Å². The van der Waals surface area contributed by atoms with Crippen LogP contribution in [0.3, 0.4) is 0 Å². The lowest BCUT2D eigenvalue weighted by Crippen LogP contribution is -2.29. The van der Waals surface area contributed by atoms with Crippen LogP contribution in [-0.4, -0.2) is 30.3 Å². The van der Waals surface area contributed by atoms with Crippen LogP contribution in [0.1, 0.15) is 53.2 Å². The molecule has 2 aliphatic rings. The van der Waals surface area contributed by atoms with Crippen molar-refractivity contribution in [2.75, 3.05) is 14.2 Å². The molecule has 1 aliphatic heterocycles. The third-order valence-electron chi connectivity index (χ3n) is 5.20. The van der Waals surface area contributed by atoms with Gasteiger partial charge in [-0.05, 0) is 54.6 Å². The van der Waals surface area contributed by atoms with Gasteiger partial charge in [-0.1, -0.05) is 12.8 Å². The van der Waals surface area contributed by atoms with Gasteiger partial charge in [0.05, 0.1) is 30.9 Å². The standard InChI is InChI=1S/C19H22N2O2S/c1-11-10-20-24-19(11)18-14-9-17(23-3)16(22-2)8-13(14)12-6-4-5-7-15(12)21-18/h8-10,12,15H,4-7H2,1-3H3. The molecule has 0 radical (unpaired) electrons. The van der Waals surface area contributed by atoms with Gasteiger partial charge in [0, 0.05) is 17.7 Å². The van der Waals surface area contributed by atoms with Gasteiger partial charge in [-0.2, -0.15) is 0 Å². The Hall–Kier alpha value is -1.88. The van der Waals surface area contributed by atoms with Crippen LogP contribution in [0.4, 0.5) is 0 Å². The van der Waals surface area contributed by atoms with E-state index in [4.69, 9.17) is 14.5 Å². The van der Waals surface area contributed by atoms with Crippen molar-refractivity contribution in [1.29, 1.82) is 0 Å². The number of aryl methyl sites for hydroxylation is 1. The number of methoxy groups -OCH3 is 2. The van der Waals surface area contributed by atoms with Crippen molar-refractivity contribution < 1.29 is 9.47 Å². The van der Waals surface area contributed by atoms with Gasteiger partial charge in [0.2, 0.25) is 0 Å². The number of nitrogens with zero attached hydrogens (tertiary/aromatic N) is 2. The first kappa shape index (κ1) is 15.6. The van der Waals surface area contributed by atoms with E-state index in [1.807, 2.05) is 6.20 Å². The zero-order chi connectivity index (χ0) is 16.7. The summed E-state index contributed by atoms with van der Waals surface area (Å²) in [6, 6.07) is 4.64. The van der Waals surface area contributed by atoms with Gasteiger partial charge in [0.15, 0.2) is 11.5 Å². The maximum absolute atomic E-state index is 5.56. The van der Waals surface area contributed by atoms with Crippen LogP contribution < -0.4 is 9.47 Å². The van der Waals surface area contributed by atoms with Crippen molar-refractivity contribution in [2.24, 2.45) is 4.99 Å². The lowest BCUT2D eigenvalue weighted by molar-refractivity contribution is 0.349. The molecule has 4 rings (SSSR count). The number of rotatable bonds is 3. The van der Waals surface area contributed by atoms with Gasteiger partial charge in [0.25, 0.3) is 0 Å². The Bertz CT molecular complexity index is 797. The highest BCUT2D eigenvalue weighted by atomic mass is 32.1. The Kier molecular flexibility index (Phi) is 4.04. The minimum Gasteiger partial charge on any atom is -0.493 e. The molecule has 2 unspecified atom stereocenters. The second-order valence-corrected chi connectivity index (χ2v) is 7.37. The van der Waals surface area contributed by atoms with E-state index >= 15 is 0 Å². The van der Waals surface area contributed by atoms with Crippen molar-refractivity contribution in [3.05, 3.63) is 39.9 Å². The molecule has 2 heterocycles. The summed E-state index contributed by atoms with van der Waals surface area (Å²) in [5, 5.41) is 0. The highest BCUT2D eigenvalue weighted by Crippen LogP contribution is 2.45. The van der Waals surface area contributed by atoms with Gasteiger partial charge in [-0.15, -0.1) is 0 Å². The molecular formula is C19H22N2O2S. The summed E-state index contributed by atoms with van der Waals surface area (Å²) in [6.07, 6.45) is 6.84. The summed E-state index contributed by atoms with van der Waals surface area (Å²) in [7, 11) is 3.39. The molecule has 1 fully saturated rings. The van der Waals surface area contributed by atoms with E-state index in [9.17, 15) is 0 Å². The summed E-state index contributed by atoms with van der Waals surface area (Å²) in [5.74, 6) is 2.06. The fourth-order valence-electron chi connectivity index (χ4n) is 3.97. The first-order valence-electron chi connectivity index (χ1n) is 8.48. The molecule has 1 aromatic carbocycles. The number of benzene rings is 1. The number of fused-ring (bicyclic) bond motifs is 3. The SMILES string of the molecule is COc1cc2c(cc1OC)C1CCCCC1N=C2c1sncc1C. The van der Waals surface area contributed by atoms with Crippen LogP contribution in [0.15, 0.2) is 23.3 Å². The van der Waals surface area contributed by atoms with Crippen molar-refractivity contribution in [3.8, 4) is 11.5 Å². The van der Waals surface area contributed by atoms with E-state index in [2.05, 4.69) is 23.4 Å². The Morgan fingerprint density at radius 2 is 1.83 bits per heavy atom. The lowest BCUT2D eigenvalue weighted by atomic mass is 9.75. The molecule has 24 heavy (non-hydrogen) atoms. The quantitative estimate of drug-likeness (QED) is 0.833. The Morgan fingerprint density at radius 1 is 1.08 bits per heavy atom. The van der Waals surface area contributed by atoms with E-state index < -0.39 is 0 Å². The highest BCUT2D eigenvalue weighted by molar-refractivity contribution is 7.08. The molecule has 1 aliphatic carbocycles. The fourth-order valence-corrected chi connectivity index (χ4v) is 4.73.